The molecule has 1 atom stereocenters. The third-order valence-electron chi connectivity index (χ3n) is 5.76. The standard InChI is InChI=1S/C22H33N5O2/c1-16(2)29-21-14-19(3-4-20(21)25-22-13-17(23)15-24-22)26-7-5-18(6-8-26)27-9-11-28-12-10-27/h3-4,13-16,18,22,25H,5-12,23H2,1-2H3. The normalized spacial score (nSPS) is 23.5. The predicted octanol–water partition coefficient (Wildman–Crippen LogP) is 2.44. The molecule has 3 aliphatic heterocycles. The average molecular weight is 400 g/mol. The lowest BCUT2D eigenvalue weighted by Crippen LogP contribution is -2.49. The number of nitrogens with one attached hydrogen (secondary N) is 1. The molecule has 2 saturated heterocycles. The SMILES string of the molecule is CC(C)Oc1cc(N2CCC(N3CCOCC3)CC2)ccc1NC1C=C(N)C=N1. The Morgan fingerprint density at radius 1 is 1.17 bits per heavy atom. The minimum atomic E-state index is -0.139. The van der Waals surface area contributed by atoms with Crippen LogP contribution in [0.25, 0.3) is 0 Å². The van der Waals surface area contributed by atoms with Crippen molar-refractivity contribution in [2.75, 3.05) is 49.6 Å². The van der Waals surface area contributed by atoms with Gasteiger partial charge in [-0.05, 0) is 44.9 Å². The molecule has 0 bridgehead atoms. The van der Waals surface area contributed by atoms with Gasteiger partial charge in [-0.25, -0.2) is 0 Å². The summed E-state index contributed by atoms with van der Waals surface area (Å²) in [7, 11) is 0. The monoisotopic (exact) mass is 399 g/mol. The molecule has 1 aromatic carbocycles. The Morgan fingerprint density at radius 2 is 1.93 bits per heavy atom. The van der Waals surface area contributed by atoms with Gasteiger partial charge in [-0.1, -0.05) is 0 Å². The van der Waals surface area contributed by atoms with E-state index in [0.29, 0.717) is 11.7 Å². The fourth-order valence-electron chi connectivity index (χ4n) is 4.28. The number of ether oxygens (including phenoxy) is 2. The first-order valence-corrected chi connectivity index (χ1v) is 10.7. The Kier molecular flexibility index (Phi) is 6.25. The van der Waals surface area contributed by atoms with E-state index < -0.39 is 0 Å². The number of hydrogen-bond donors (Lipinski definition) is 2. The molecule has 3 aliphatic rings. The summed E-state index contributed by atoms with van der Waals surface area (Å²) in [6, 6.07) is 7.11. The second kappa shape index (κ2) is 9.05. The number of piperidine rings is 1. The minimum absolute atomic E-state index is 0.102. The van der Waals surface area contributed by atoms with Gasteiger partial charge < -0.3 is 25.4 Å². The van der Waals surface area contributed by atoms with E-state index in [1.54, 1.807) is 6.21 Å². The molecule has 158 valence electrons. The Labute approximate surface area is 173 Å². The fourth-order valence-corrected chi connectivity index (χ4v) is 4.28. The number of benzene rings is 1. The first-order chi connectivity index (χ1) is 14.1. The zero-order chi connectivity index (χ0) is 20.2. The highest BCUT2D eigenvalue weighted by atomic mass is 16.5. The molecular weight excluding hydrogens is 366 g/mol. The van der Waals surface area contributed by atoms with E-state index in [1.807, 2.05) is 6.08 Å². The summed E-state index contributed by atoms with van der Waals surface area (Å²) in [6.45, 7) is 10.1. The number of anilines is 2. The van der Waals surface area contributed by atoms with Crippen molar-refractivity contribution in [2.24, 2.45) is 10.7 Å². The molecule has 2 fully saturated rings. The van der Waals surface area contributed by atoms with E-state index in [4.69, 9.17) is 15.2 Å². The molecule has 4 rings (SSSR count). The van der Waals surface area contributed by atoms with Crippen LogP contribution in [0, 0.1) is 0 Å². The first kappa shape index (κ1) is 20.0. The molecule has 0 aliphatic carbocycles. The summed E-state index contributed by atoms with van der Waals surface area (Å²) in [5.74, 6) is 0.863. The van der Waals surface area contributed by atoms with E-state index in [2.05, 4.69) is 52.2 Å². The van der Waals surface area contributed by atoms with Gasteiger partial charge in [0.15, 0.2) is 0 Å². The molecule has 0 saturated carbocycles. The van der Waals surface area contributed by atoms with Gasteiger partial charge in [0.05, 0.1) is 25.0 Å². The van der Waals surface area contributed by atoms with Gasteiger partial charge in [0.1, 0.15) is 11.9 Å². The summed E-state index contributed by atoms with van der Waals surface area (Å²) < 4.78 is 11.6. The van der Waals surface area contributed by atoms with Gasteiger partial charge in [-0.15, -0.1) is 0 Å². The summed E-state index contributed by atoms with van der Waals surface area (Å²) in [4.78, 5) is 9.44. The number of allylic oxidation sites excluding steroid dienone is 1. The lowest BCUT2D eigenvalue weighted by molar-refractivity contribution is 0.0115. The number of hydrogen-bond acceptors (Lipinski definition) is 7. The van der Waals surface area contributed by atoms with Crippen molar-refractivity contribution in [3.05, 3.63) is 30.0 Å². The predicted molar refractivity (Wildman–Crippen MR) is 118 cm³/mol. The van der Waals surface area contributed by atoms with Gasteiger partial charge in [-0.3, -0.25) is 9.89 Å². The van der Waals surface area contributed by atoms with Crippen LogP contribution in [-0.2, 0) is 4.74 Å². The number of morpholine rings is 1. The van der Waals surface area contributed by atoms with E-state index in [9.17, 15) is 0 Å². The van der Waals surface area contributed by atoms with Crippen LogP contribution in [0.4, 0.5) is 11.4 Å². The van der Waals surface area contributed by atoms with Crippen LogP contribution in [0.15, 0.2) is 35.0 Å². The maximum absolute atomic E-state index is 6.12. The van der Waals surface area contributed by atoms with Crippen LogP contribution in [0.2, 0.25) is 0 Å². The fraction of sp³-hybridized carbons (Fsp3) is 0.591. The van der Waals surface area contributed by atoms with Gasteiger partial charge in [0.25, 0.3) is 0 Å². The summed E-state index contributed by atoms with van der Waals surface area (Å²) in [5.41, 5.74) is 8.66. The third kappa shape index (κ3) is 5.03. The highest BCUT2D eigenvalue weighted by Gasteiger charge is 2.26. The van der Waals surface area contributed by atoms with Gasteiger partial charge >= 0.3 is 0 Å². The Balaban J connectivity index is 1.43. The largest absolute Gasteiger partial charge is 0.489 e. The second-order valence-corrected chi connectivity index (χ2v) is 8.25. The van der Waals surface area contributed by atoms with E-state index in [1.165, 1.54) is 18.5 Å². The maximum atomic E-state index is 6.12. The van der Waals surface area contributed by atoms with E-state index in [0.717, 1.165) is 50.8 Å². The second-order valence-electron chi connectivity index (χ2n) is 8.25. The highest BCUT2D eigenvalue weighted by Crippen LogP contribution is 2.33. The maximum Gasteiger partial charge on any atom is 0.144 e. The Bertz CT molecular complexity index is 750. The molecule has 0 radical (unpaired) electrons. The molecule has 0 aromatic heterocycles. The third-order valence-corrected chi connectivity index (χ3v) is 5.76. The number of nitrogens with zero attached hydrogens (tertiary/aromatic N) is 3. The molecule has 1 aromatic rings. The lowest BCUT2D eigenvalue weighted by atomic mass is 10.0. The van der Waals surface area contributed by atoms with Crippen molar-refractivity contribution in [3.8, 4) is 5.75 Å². The zero-order valence-corrected chi connectivity index (χ0v) is 17.5. The van der Waals surface area contributed by atoms with Crippen LogP contribution < -0.4 is 20.7 Å². The Morgan fingerprint density at radius 3 is 2.59 bits per heavy atom. The van der Waals surface area contributed by atoms with Crippen molar-refractivity contribution in [3.63, 3.8) is 0 Å². The van der Waals surface area contributed by atoms with Gasteiger partial charge in [0, 0.05) is 55.9 Å². The zero-order valence-electron chi connectivity index (χ0n) is 17.5. The van der Waals surface area contributed by atoms with Crippen LogP contribution in [0.1, 0.15) is 26.7 Å². The lowest BCUT2D eigenvalue weighted by Gasteiger charge is -2.41. The van der Waals surface area contributed by atoms with Crippen molar-refractivity contribution in [1.29, 1.82) is 0 Å². The molecule has 1 unspecified atom stereocenters. The van der Waals surface area contributed by atoms with Crippen LogP contribution in [-0.4, -0.2) is 68.8 Å². The van der Waals surface area contributed by atoms with E-state index in [-0.39, 0.29) is 12.3 Å². The molecule has 7 nitrogen and oxygen atoms in total. The summed E-state index contributed by atoms with van der Waals surface area (Å²) in [6.07, 6.45) is 5.95. The summed E-state index contributed by atoms with van der Waals surface area (Å²) >= 11 is 0. The van der Waals surface area contributed by atoms with Crippen LogP contribution >= 0.6 is 0 Å². The molecule has 29 heavy (non-hydrogen) atoms. The van der Waals surface area contributed by atoms with Crippen LogP contribution in [0.3, 0.4) is 0 Å². The molecule has 3 heterocycles. The van der Waals surface area contributed by atoms with Gasteiger partial charge in [0.2, 0.25) is 0 Å². The van der Waals surface area contributed by atoms with Crippen molar-refractivity contribution >= 4 is 17.6 Å². The van der Waals surface area contributed by atoms with Crippen molar-refractivity contribution in [2.45, 2.75) is 45.0 Å². The number of rotatable bonds is 6. The van der Waals surface area contributed by atoms with Crippen LogP contribution in [0.5, 0.6) is 5.75 Å². The summed E-state index contributed by atoms with van der Waals surface area (Å²) in [5, 5.41) is 3.41. The topological polar surface area (TPSA) is 75.3 Å². The molecule has 3 N–H and O–H groups in total. The average Bonchev–Trinajstić information content (AvgIpc) is 3.14. The molecule has 7 heteroatoms. The number of nitrogens with two attached hydrogens (primary N) is 1. The smallest absolute Gasteiger partial charge is 0.144 e. The molecule has 0 spiro atoms. The minimum Gasteiger partial charge on any atom is -0.489 e. The molecular formula is C22H33N5O2. The Hall–Kier alpha value is -2.25. The molecule has 0 amide bonds. The first-order valence-electron chi connectivity index (χ1n) is 10.7. The van der Waals surface area contributed by atoms with Gasteiger partial charge in [-0.2, -0.15) is 0 Å². The quantitative estimate of drug-likeness (QED) is 0.765. The van der Waals surface area contributed by atoms with Crippen molar-refractivity contribution < 1.29 is 9.47 Å². The van der Waals surface area contributed by atoms with E-state index >= 15 is 0 Å². The van der Waals surface area contributed by atoms with Crippen molar-refractivity contribution in [1.82, 2.24) is 4.90 Å². The highest BCUT2D eigenvalue weighted by molar-refractivity contribution is 5.81. The number of aliphatic imine (C=N–C) groups is 1.